The van der Waals surface area contributed by atoms with E-state index in [2.05, 4.69) is 58.6 Å². The average Bonchev–Trinajstić information content (AvgIpc) is 3.17. The molecule has 0 amide bonds. The van der Waals surface area contributed by atoms with Crippen molar-refractivity contribution in [2.75, 3.05) is 6.61 Å². The molecule has 0 aliphatic carbocycles. The second kappa shape index (κ2) is 11.4. The topological polar surface area (TPSA) is 65.7 Å². The molecule has 0 aliphatic heterocycles. The molecule has 0 spiro atoms. The predicted octanol–water partition coefficient (Wildman–Crippen LogP) is 6.40. The van der Waals surface area contributed by atoms with Crippen LogP contribution in [0.1, 0.15) is 43.6 Å². The average molecular weight is 515 g/mol. The number of aromatic nitrogens is 2. The molecule has 0 radical (unpaired) electrons. The van der Waals surface area contributed by atoms with Gasteiger partial charge >= 0.3 is 6.61 Å². The highest BCUT2D eigenvalue weighted by molar-refractivity contribution is 6.76. The van der Waals surface area contributed by atoms with Crippen LogP contribution in [0.4, 0.5) is 8.78 Å². The Bertz CT molecular complexity index is 924. The molecule has 192 valence electrons. The van der Waals surface area contributed by atoms with Gasteiger partial charge in [0.2, 0.25) is 0 Å². The van der Waals surface area contributed by atoms with E-state index in [1.807, 2.05) is 0 Å². The lowest BCUT2D eigenvalue weighted by Gasteiger charge is -2.36. The van der Waals surface area contributed by atoms with E-state index in [-0.39, 0.29) is 17.4 Å². The lowest BCUT2D eigenvalue weighted by molar-refractivity contribution is -0.0509. The number of alkyl halides is 2. The Labute approximate surface area is 204 Å². The van der Waals surface area contributed by atoms with E-state index in [4.69, 9.17) is 13.9 Å². The summed E-state index contributed by atoms with van der Waals surface area (Å²) in [7, 11) is -3.28. The van der Waals surface area contributed by atoms with E-state index in [0.29, 0.717) is 30.0 Å². The van der Waals surface area contributed by atoms with Gasteiger partial charge in [-0.05, 0) is 41.9 Å². The lowest BCUT2D eigenvalue weighted by atomic mass is 10.0. The number of hydrogen-bond acceptors (Lipinski definition) is 5. The Morgan fingerprint density at radius 2 is 1.76 bits per heavy atom. The van der Waals surface area contributed by atoms with Gasteiger partial charge in [-0.2, -0.15) is 13.9 Å². The summed E-state index contributed by atoms with van der Waals surface area (Å²) in [6.45, 7) is 15.6. The van der Waals surface area contributed by atoms with Crippen molar-refractivity contribution in [2.45, 2.75) is 90.6 Å². The third kappa shape index (κ3) is 8.56. The molecule has 34 heavy (non-hydrogen) atoms. The van der Waals surface area contributed by atoms with Gasteiger partial charge in [-0.15, -0.1) is 0 Å². The third-order valence-electron chi connectivity index (χ3n) is 6.20. The van der Waals surface area contributed by atoms with E-state index in [0.717, 1.165) is 6.04 Å². The molecular weight excluding hydrogens is 474 g/mol. The highest BCUT2D eigenvalue weighted by Crippen LogP contribution is 2.38. The van der Waals surface area contributed by atoms with Crippen molar-refractivity contribution < 1.29 is 27.8 Å². The molecule has 10 heteroatoms. The van der Waals surface area contributed by atoms with Crippen LogP contribution in [-0.2, 0) is 22.5 Å². The Morgan fingerprint density at radius 3 is 2.35 bits per heavy atom. The molecule has 0 saturated heterocycles. The molecule has 0 aliphatic rings. The quantitative estimate of drug-likeness (QED) is 0.262. The zero-order chi connectivity index (χ0) is 25.7. The van der Waals surface area contributed by atoms with Gasteiger partial charge < -0.3 is 19.0 Å². The number of benzene rings is 1. The van der Waals surface area contributed by atoms with Gasteiger partial charge in [0, 0.05) is 32.0 Å². The second-order valence-corrected chi connectivity index (χ2v) is 21.8. The summed E-state index contributed by atoms with van der Waals surface area (Å²) >= 11 is 0. The summed E-state index contributed by atoms with van der Waals surface area (Å²) in [4.78, 5) is 0. The van der Waals surface area contributed by atoms with Crippen LogP contribution in [0.15, 0.2) is 30.6 Å². The molecule has 1 atom stereocenters. The van der Waals surface area contributed by atoms with Crippen LogP contribution in [0.25, 0.3) is 0 Å². The molecule has 1 aromatic carbocycles. The van der Waals surface area contributed by atoms with Gasteiger partial charge in [0.05, 0.1) is 12.8 Å². The summed E-state index contributed by atoms with van der Waals surface area (Å²) in [5, 5.41) is 15.2. The first-order valence-electron chi connectivity index (χ1n) is 11.6. The molecule has 1 N–H and O–H groups in total. The van der Waals surface area contributed by atoms with Crippen LogP contribution in [0.3, 0.4) is 0 Å². The number of aliphatic hydroxyl groups is 1. The largest absolute Gasteiger partial charge is 0.434 e. The van der Waals surface area contributed by atoms with Crippen molar-refractivity contribution in [2.24, 2.45) is 0 Å². The van der Waals surface area contributed by atoms with Crippen LogP contribution in [0.5, 0.6) is 5.75 Å². The SMILES string of the molecule is CC(C)(C)[Si](C)(C)OCc1cc(C(O)c2cnn(COCC[Si](C)(C)C)c2)ccc1OC(F)F. The second-order valence-electron chi connectivity index (χ2n) is 11.4. The predicted molar refractivity (Wildman–Crippen MR) is 135 cm³/mol. The Hall–Kier alpha value is -1.60. The fourth-order valence-electron chi connectivity index (χ4n) is 2.89. The first-order chi connectivity index (χ1) is 15.6. The molecule has 0 bridgehead atoms. The monoisotopic (exact) mass is 514 g/mol. The minimum absolute atomic E-state index is 0.0282. The van der Waals surface area contributed by atoms with Gasteiger partial charge in [0.1, 0.15) is 18.6 Å². The fraction of sp³-hybridized carbons (Fsp3) is 0.625. The van der Waals surface area contributed by atoms with Gasteiger partial charge in [-0.3, -0.25) is 0 Å². The van der Waals surface area contributed by atoms with Crippen LogP contribution in [0, 0.1) is 0 Å². The number of ether oxygens (including phenoxy) is 2. The smallest absolute Gasteiger partial charge is 0.387 e. The standard InChI is InChI=1S/C24H40F2N2O4Si2/c1-24(2,3)34(7,8)31-16-19-13-18(9-10-21(19)32-23(25)26)22(29)20-14-27-28(15-20)17-30-11-12-33(4,5)6/h9-10,13-15,22-23,29H,11-12,16-17H2,1-8H3. The van der Waals surface area contributed by atoms with E-state index in [1.54, 1.807) is 29.2 Å². The zero-order valence-electron chi connectivity index (χ0n) is 21.7. The van der Waals surface area contributed by atoms with Crippen LogP contribution >= 0.6 is 0 Å². The lowest BCUT2D eigenvalue weighted by Crippen LogP contribution is -2.40. The maximum atomic E-state index is 13.0. The van der Waals surface area contributed by atoms with Crippen LogP contribution in [0.2, 0.25) is 43.8 Å². The minimum atomic E-state index is -2.94. The first-order valence-corrected chi connectivity index (χ1v) is 18.2. The zero-order valence-corrected chi connectivity index (χ0v) is 23.7. The molecular formula is C24H40F2N2O4Si2. The molecule has 1 heterocycles. The van der Waals surface area contributed by atoms with Crippen molar-refractivity contribution in [1.29, 1.82) is 0 Å². The van der Waals surface area contributed by atoms with E-state index in [1.165, 1.54) is 6.07 Å². The first kappa shape index (κ1) is 28.6. The highest BCUT2D eigenvalue weighted by Gasteiger charge is 2.37. The number of aliphatic hydroxyl groups excluding tert-OH is 1. The van der Waals surface area contributed by atoms with Crippen molar-refractivity contribution in [3.8, 4) is 5.75 Å². The van der Waals surface area contributed by atoms with Gasteiger partial charge in [-0.1, -0.05) is 46.5 Å². The summed E-state index contributed by atoms with van der Waals surface area (Å²) in [6.07, 6.45) is 2.35. The maximum Gasteiger partial charge on any atom is 0.387 e. The summed E-state index contributed by atoms with van der Waals surface area (Å²) in [5.41, 5.74) is 1.62. The van der Waals surface area contributed by atoms with Gasteiger partial charge in [0.25, 0.3) is 0 Å². The number of rotatable bonds is 12. The summed E-state index contributed by atoms with van der Waals surface area (Å²) in [6, 6.07) is 5.77. The van der Waals surface area contributed by atoms with E-state index < -0.39 is 29.1 Å². The minimum Gasteiger partial charge on any atom is -0.434 e. The van der Waals surface area contributed by atoms with Crippen molar-refractivity contribution in [3.63, 3.8) is 0 Å². The highest BCUT2D eigenvalue weighted by atomic mass is 28.4. The van der Waals surface area contributed by atoms with Crippen LogP contribution in [-0.4, -0.2) is 44.5 Å². The van der Waals surface area contributed by atoms with Crippen molar-refractivity contribution in [3.05, 3.63) is 47.3 Å². The Balaban J connectivity index is 2.15. The van der Waals surface area contributed by atoms with E-state index in [9.17, 15) is 13.9 Å². The normalized spacial score (nSPS) is 14.0. The van der Waals surface area contributed by atoms with E-state index >= 15 is 0 Å². The van der Waals surface area contributed by atoms with Crippen molar-refractivity contribution >= 4 is 16.4 Å². The fourth-order valence-corrected chi connectivity index (χ4v) is 4.59. The molecule has 2 aromatic rings. The number of halogens is 2. The Morgan fingerprint density at radius 1 is 1.09 bits per heavy atom. The number of nitrogens with zero attached hydrogens (tertiary/aromatic N) is 2. The van der Waals surface area contributed by atoms with Crippen molar-refractivity contribution in [1.82, 2.24) is 9.78 Å². The maximum absolute atomic E-state index is 13.0. The molecule has 1 aromatic heterocycles. The Kier molecular flexibility index (Phi) is 9.62. The van der Waals surface area contributed by atoms with Gasteiger partial charge in [-0.25, -0.2) is 4.68 Å². The molecule has 2 rings (SSSR count). The van der Waals surface area contributed by atoms with Crippen LogP contribution < -0.4 is 4.74 Å². The third-order valence-corrected chi connectivity index (χ3v) is 12.4. The summed E-state index contributed by atoms with van der Waals surface area (Å²) in [5.74, 6) is 0.0520. The summed E-state index contributed by atoms with van der Waals surface area (Å²) < 4.78 is 44.2. The molecule has 6 nitrogen and oxygen atoms in total. The molecule has 0 fully saturated rings. The number of hydrogen-bond donors (Lipinski definition) is 1. The van der Waals surface area contributed by atoms with Gasteiger partial charge in [0.15, 0.2) is 8.32 Å². The molecule has 0 saturated carbocycles. The molecule has 1 unspecified atom stereocenters.